The van der Waals surface area contributed by atoms with Crippen LogP contribution in [0.2, 0.25) is 0 Å². The van der Waals surface area contributed by atoms with Gasteiger partial charge in [0.15, 0.2) is 5.78 Å². The normalized spacial score (nSPS) is 14.6. The Balaban J connectivity index is 1.95. The molecule has 0 bridgehead atoms. The Kier molecular flexibility index (Phi) is 4.49. The van der Waals surface area contributed by atoms with E-state index >= 15 is 0 Å². The molecule has 2 heterocycles. The molecule has 4 nitrogen and oxygen atoms in total. The fourth-order valence-corrected chi connectivity index (χ4v) is 2.92. The van der Waals surface area contributed by atoms with Gasteiger partial charge in [0.05, 0.1) is 6.20 Å². The second-order valence-corrected chi connectivity index (χ2v) is 6.18. The first-order valence-corrected chi connectivity index (χ1v) is 8.03. The second-order valence-electron chi connectivity index (χ2n) is 6.18. The van der Waals surface area contributed by atoms with E-state index in [2.05, 4.69) is 9.98 Å². The molecule has 0 unspecified atom stereocenters. The first-order chi connectivity index (χ1) is 11.9. The first-order valence-electron chi connectivity index (χ1n) is 8.03. The van der Waals surface area contributed by atoms with Crippen LogP contribution < -0.4 is 4.74 Å². The SMILES string of the molecule is CC1=NCC(=O)C(C)=C1c1ccc(Oc2ncc(F)cc2C)cc1C. The van der Waals surface area contributed by atoms with Gasteiger partial charge in [-0.1, -0.05) is 6.07 Å². The number of nitrogens with zero attached hydrogens (tertiary/aromatic N) is 2. The van der Waals surface area contributed by atoms with Gasteiger partial charge in [0.2, 0.25) is 5.88 Å². The van der Waals surface area contributed by atoms with Crippen molar-refractivity contribution in [2.45, 2.75) is 27.7 Å². The lowest BCUT2D eigenvalue weighted by Gasteiger charge is -2.18. The number of ether oxygens (including phenoxy) is 1. The van der Waals surface area contributed by atoms with E-state index in [-0.39, 0.29) is 12.3 Å². The van der Waals surface area contributed by atoms with Crippen LogP contribution in [0.25, 0.3) is 5.57 Å². The van der Waals surface area contributed by atoms with Crippen molar-refractivity contribution in [3.05, 3.63) is 58.5 Å². The second kappa shape index (κ2) is 6.59. The summed E-state index contributed by atoms with van der Waals surface area (Å²) >= 11 is 0. The van der Waals surface area contributed by atoms with Gasteiger partial charge >= 0.3 is 0 Å². The summed E-state index contributed by atoms with van der Waals surface area (Å²) < 4.78 is 18.9. The molecule has 0 spiro atoms. The Labute approximate surface area is 146 Å². The third kappa shape index (κ3) is 3.36. The molecule has 0 N–H and O–H groups in total. The monoisotopic (exact) mass is 338 g/mol. The van der Waals surface area contributed by atoms with Crippen LogP contribution in [-0.4, -0.2) is 23.0 Å². The quantitative estimate of drug-likeness (QED) is 0.831. The zero-order valence-corrected chi connectivity index (χ0v) is 14.7. The lowest BCUT2D eigenvalue weighted by Crippen LogP contribution is -2.17. The minimum absolute atomic E-state index is 0.0477. The maximum Gasteiger partial charge on any atom is 0.222 e. The van der Waals surface area contributed by atoms with Crippen molar-refractivity contribution in [2.24, 2.45) is 4.99 Å². The Morgan fingerprint density at radius 2 is 1.84 bits per heavy atom. The van der Waals surface area contributed by atoms with Gasteiger partial charge in [0.25, 0.3) is 0 Å². The molecular weight excluding hydrogens is 319 g/mol. The predicted octanol–water partition coefficient (Wildman–Crippen LogP) is 4.45. The zero-order chi connectivity index (χ0) is 18.1. The van der Waals surface area contributed by atoms with E-state index in [4.69, 9.17) is 4.74 Å². The summed E-state index contributed by atoms with van der Waals surface area (Å²) in [6, 6.07) is 7.00. The smallest absolute Gasteiger partial charge is 0.222 e. The van der Waals surface area contributed by atoms with Crippen LogP contribution >= 0.6 is 0 Å². The molecule has 0 radical (unpaired) electrons. The highest BCUT2D eigenvalue weighted by Crippen LogP contribution is 2.31. The molecule has 0 fully saturated rings. The molecule has 5 heteroatoms. The molecular formula is C20H19FN2O2. The predicted molar refractivity (Wildman–Crippen MR) is 95.8 cm³/mol. The van der Waals surface area contributed by atoms with Crippen molar-refractivity contribution in [2.75, 3.05) is 6.54 Å². The summed E-state index contributed by atoms with van der Waals surface area (Å²) in [5.74, 6) is 0.634. The van der Waals surface area contributed by atoms with Gasteiger partial charge in [0, 0.05) is 22.4 Å². The summed E-state index contributed by atoms with van der Waals surface area (Å²) in [4.78, 5) is 20.3. The van der Waals surface area contributed by atoms with E-state index in [1.165, 1.54) is 6.07 Å². The van der Waals surface area contributed by atoms with E-state index in [1.54, 1.807) is 6.92 Å². The number of aromatic nitrogens is 1. The van der Waals surface area contributed by atoms with Crippen molar-refractivity contribution < 1.29 is 13.9 Å². The molecule has 0 atom stereocenters. The van der Waals surface area contributed by atoms with Crippen LogP contribution in [0.1, 0.15) is 30.5 Å². The summed E-state index contributed by atoms with van der Waals surface area (Å²) in [6.45, 7) is 7.68. The highest BCUT2D eigenvalue weighted by atomic mass is 19.1. The van der Waals surface area contributed by atoms with E-state index in [0.29, 0.717) is 17.2 Å². The van der Waals surface area contributed by atoms with Crippen LogP contribution in [0.4, 0.5) is 4.39 Å². The molecule has 3 rings (SSSR count). The van der Waals surface area contributed by atoms with Gasteiger partial charge in [-0.3, -0.25) is 9.79 Å². The van der Waals surface area contributed by atoms with Gasteiger partial charge in [-0.05, 0) is 57.0 Å². The number of allylic oxidation sites excluding steroid dienone is 1. The van der Waals surface area contributed by atoms with E-state index in [9.17, 15) is 9.18 Å². The Morgan fingerprint density at radius 1 is 1.08 bits per heavy atom. The molecule has 128 valence electrons. The molecule has 0 saturated heterocycles. The zero-order valence-electron chi connectivity index (χ0n) is 14.7. The van der Waals surface area contributed by atoms with Crippen molar-refractivity contribution in [1.82, 2.24) is 4.98 Å². The topological polar surface area (TPSA) is 51.5 Å². The standard InChI is InChI=1S/C20H19FN2O2/c1-11-8-16(25-20-12(2)7-15(21)9-23-20)5-6-17(11)19-13(3)18(24)10-22-14(19)4/h5-9H,10H2,1-4H3. The number of halogens is 1. The summed E-state index contributed by atoms with van der Waals surface area (Å²) in [5, 5.41) is 0. The van der Waals surface area contributed by atoms with Crippen LogP contribution in [0.3, 0.4) is 0 Å². The molecule has 1 aliphatic heterocycles. The largest absolute Gasteiger partial charge is 0.439 e. The Hall–Kier alpha value is -2.82. The number of dihydropyridines is 1. The summed E-state index contributed by atoms with van der Waals surface area (Å²) in [6.07, 6.45) is 1.13. The number of hydrogen-bond acceptors (Lipinski definition) is 4. The van der Waals surface area contributed by atoms with Gasteiger partial charge in [0.1, 0.15) is 18.1 Å². The third-order valence-corrected chi connectivity index (χ3v) is 4.29. The third-order valence-electron chi connectivity index (χ3n) is 4.29. The highest BCUT2D eigenvalue weighted by molar-refractivity contribution is 6.31. The number of hydrogen-bond donors (Lipinski definition) is 0. The number of ketones is 1. The van der Waals surface area contributed by atoms with Gasteiger partial charge in [-0.25, -0.2) is 9.37 Å². The van der Waals surface area contributed by atoms with Gasteiger partial charge in [-0.15, -0.1) is 0 Å². The molecule has 1 aromatic carbocycles. The van der Waals surface area contributed by atoms with E-state index in [1.807, 2.05) is 39.0 Å². The number of carbonyl (C=O) groups excluding carboxylic acids is 1. The molecule has 1 aliphatic rings. The summed E-state index contributed by atoms with van der Waals surface area (Å²) in [5.41, 5.74) is 5.04. The average Bonchev–Trinajstić information content (AvgIpc) is 2.56. The molecule has 2 aromatic rings. The number of rotatable bonds is 3. The Morgan fingerprint density at radius 3 is 2.52 bits per heavy atom. The number of aryl methyl sites for hydroxylation is 2. The lowest BCUT2D eigenvalue weighted by molar-refractivity contribution is -0.114. The summed E-state index contributed by atoms with van der Waals surface area (Å²) in [7, 11) is 0. The average molecular weight is 338 g/mol. The highest BCUT2D eigenvalue weighted by Gasteiger charge is 2.21. The van der Waals surface area contributed by atoms with E-state index in [0.717, 1.165) is 34.2 Å². The van der Waals surface area contributed by atoms with Crippen molar-refractivity contribution >= 4 is 17.1 Å². The maximum absolute atomic E-state index is 13.2. The maximum atomic E-state index is 13.2. The number of pyridine rings is 1. The lowest BCUT2D eigenvalue weighted by atomic mass is 9.90. The van der Waals surface area contributed by atoms with Crippen molar-refractivity contribution in [3.63, 3.8) is 0 Å². The molecule has 25 heavy (non-hydrogen) atoms. The molecule has 1 aromatic heterocycles. The van der Waals surface area contributed by atoms with Crippen molar-refractivity contribution in [1.29, 1.82) is 0 Å². The van der Waals surface area contributed by atoms with Crippen molar-refractivity contribution in [3.8, 4) is 11.6 Å². The van der Waals surface area contributed by atoms with Crippen LogP contribution in [0, 0.1) is 19.7 Å². The number of carbonyl (C=O) groups is 1. The fraction of sp³-hybridized carbons (Fsp3) is 0.250. The van der Waals surface area contributed by atoms with Gasteiger partial charge in [-0.2, -0.15) is 0 Å². The first kappa shape index (κ1) is 17.0. The Bertz CT molecular complexity index is 929. The van der Waals surface area contributed by atoms with Crippen LogP contribution in [0.5, 0.6) is 11.6 Å². The van der Waals surface area contributed by atoms with E-state index < -0.39 is 5.82 Å². The van der Waals surface area contributed by atoms with Crippen LogP contribution in [-0.2, 0) is 4.79 Å². The molecule has 0 saturated carbocycles. The minimum atomic E-state index is -0.393. The number of Topliss-reactive ketones (excluding diaryl/α,β-unsaturated/α-hetero) is 1. The van der Waals surface area contributed by atoms with Crippen LogP contribution in [0.15, 0.2) is 41.0 Å². The number of benzene rings is 1. The number of aliphatic imine (C=N–C) groups is 1. The minimum Gasteiger partial charge on any atom is -0.439 e. The molecule has 0 aliphatic carbocycles. The fourth-order valence-electron chi connectivity index (χ4n) is 2.92. The molecule has 0 amide bonds. The van der Waals surface area contributed by atoms with Gasteiger partial charge < -0.3 is 4.74 Å².